The molecule has 0 spiro atoms. The molecular formula is C21H26N2O4. The molecule has 27 heavy (non-hydrogen) atoms. The number of aryl methyl sites for hydroxylation is 1. The van der Waals surface area contributed by atoms with Gasteiger partial charge in [-0.25, -0.2) is 4.79 Å². The van der Waals surface area contributed by atoms with Gasteiger partial charge >= 0.3 is 5.63 Å². The maximum atomic E-state index is 12.8. The number of benzene rings is 1. The lowest BCUT2D eigenvalue weighted by atomic mass is 9.93. The highest BCUT2D eigenvalue weighted by Gasteiger charge is 2.42. The Bertz CT molecular complexity index is 908. The summed E-state index contributed by atoms with van der Waals surface area (Å²) in [6.07, 6.45) is 2.36. The number of nitrogens with two attached hydrogens (primary N) is 1. The van der Waals surface area contributed by atoms with E-state index in [4.69, 9.17) is 14.9 Å². The van der Waals surface area contributed by atoms with Crippen LogP contribution >= 0.6 is 0 Å². The molecule has 1 aliphatic heterocycles. The van der Waals surface area contributed by atoms with Crippen LogP contribution in [-0.4, -0.2) is 36.0 Å². The van der Waals surface area contributed by atoms with Crippen LogP contribution in [0.1, 0.15) is 32.3 Å². The first kappa shape index (κ1) is 18.0. The number of likely N-dealkylation sites (tertiary alicyclic amines) is 1. The largest absolute Gasteiger partial charge is 0.481 e. The van der Waals surface area contributed by atoms with Crippen molar-refractivity contribution in [2.24, 2.45) is 17.6 Å². The molecule has 1 aromatic heterocycles. The zero-order valence-electron chi connectivity index (χ0n) is 15.8. The number of nitrogens with zero attached hydrogens (tertiary/aromatic N) is 1. The van der Waals surface area contributed by atoms with Gasteiger partial charge in [0.2, 0.25) is 0 Å². The fraction of sp³-hybridized carbons (Fsp3) is 0.524. The summed E-state index contributed by atoms with van der Waals surface area (Å²) in [4.78, 5) is 26.5. The minimum Gasteiger partial charge on any atom is -0.481 e. The lowest BCUT2D eigenvalue weighted by Crippen LogP contribution is -2.53. The first-order valence-electron chi connectivity index (χ1n) is 9.74. The van der Waals surface area contributed by atoms with Crippen molar-refractivity contribution in [2.45, 2.75) is 45.3 Å². The predicted molar refractivity (Wildman–Crippen MR) is 103 cm³/mol. The van der Waals surface area contributed by atoms with Crippen molar-refractivity contribution >= 4 is 16.9 Å². The summed E-state index contributed by atoms with van der Waals surface area (Å²) in [7, 11) is 0. The molecule has 2 N–H and O–H groups in total. The second-order valence-corrected chi connectivity index (χ2v) is 7.78. The summed E-state index contributed by atoms with van der Waals surface area (Å²) < 4.78 is 11.2. The molecule has 1 saturated carbocycles. The van der Waals surface area contributed by atoms with Gasteiger partial charge in [-0.15, -0.1) is 0 Å². The number of carbonyl (C=O) groups is 1. The average molecular weight is 370 g/mol. The van der Waals surface area contributed by atoms with E-state index in [0.29, 0.717) is 23.2 Å². The van der Waals surface area contributed by atoms with Crippen molar-refractivity contribution in [1.29, 1.82) is 0 Å². The number of rotatable bonds is 4. The van der Waals surface area contributed by atoms with Crippen molar-refractivity contribution in [3.63, 3.8) is 0 Å². The minimum atomic E-state index is -0.600. The van der Waals surface area contributed by atoms with E-state index in [1.54, 1.807) is 13.0 Å². The molecule has 2 fully saturated rings. The SMILES string of the molecule is CCc1cc(=O)oc2cc(OC(C)C(=O)N3C[C@H]4CC[C@@H](C3)C4N)ccc12. The van der Waals surface area contributed by atoms with Crippen LogP contribution < -0.4 is 16.1 Å². The molecule has 0 radical (unpaired) electrons. The number of piperidine rings is 1. The quantitative estimate of drug-likeness (QED) is 0.835. The molecule has 2 heterocycles. The number of hydrogen-bond donors (Lipinski definition) is 1. The van der Waals surface area contributed by atoms with E-state index < -0.39 is 6.10 Å². The van der Waals surface area contributed by atoms with Gasteiger partial charge in [-0.3, -0.25) is 4.79 Å². The Kier molecular flexibility index (Phi) is 4.68. The summed E-state index contributed by atoms with van der Waals surface area (Å²) >= 11 is 0. The predicted octanol–water partition coefficient (Wildman–Crippen LogP) is 2.32. The van der Waals surface area contributed by atoms with Gasteiger partial charge in [-0.2, -0.15) is 0 Å². The fourth-order valence-electron chi connectivity index (χ4n) is 4.53. The first-order valence-corrected chi connectivity index (χ1v) is 9.74. The number of hydrogen-bond acceptors (Lipinski definition) is 5. The third-order valence-electron chi connectivity index (χ3n) is 6.06. The summed E-state index contributed by atoms with van der Waals surface area (Å²) in [5.41, 5.74) is 7.28. The maximum Gasteiger partial charge on any atom is 0.336 e. The summed E-state index contributed by atoms with van der Waals surface area (Å²) in [6.45, 7) is 5.20. The van der Waals surface area contributed by atoms with Crippen molar-refractivity contribution in [1.82, 2.24) is 4.90 Å². The Morgan fingerprint density at radius 1 is 1.30 bits per heavy atom. The molecule has 1 aromatic carbocycles. The van der Waals surface area contributed by atoms with Crippen molar-refractivity contribution in [3.05, 3.63) is 40.2 Å². The third kappa shape index (κ3) is 3.34. The Morgan fingerprint density at radius 2 is 2.00 bits per heavy atom. The molecule has 2 unspecified atom stereocenters. The van der Waals surface area contributed by atoms with E-state index in [1.807, 2.05) is 24.0 Å². The first-order chi connectivity index (χ1) is 13.0. The van der Waals surface area contributed by atoms with Gasteiger partial charge in [0.1, 0.15) is 11.3 Å². The second-order valence-electron chi connectivity index (χ2n) is 7.78. The van der Waals surface area contributed by atoms with Crippen molar-refractivity contribution in [2.75, 3.05) is 13.1 Å². The third-order valence-corrected chi connectivity index (χ3v) is 6.06. The molecule has 2 aliphatic rings. The zero-order chi connectivity index (χ0) is 19.1. The van der Waals surface area contributed by atoms with Crippen LogP contribution in [-0.2, 0) is 11.2 Å². The Labute approximate surface area is 158 Å². The molecule has 1 saturated heterocycles. The van der Waals surface area contributed by atoms with Crippen molar-refractivity contribution in [3.8, 4) is 5.75 Å². The number of carbonyl (C=O) groups excluding carboxylic acids is 1. The average Bonchev–Trinajstić information content (AvgIpc) is 2.86. The summed E-state index contributed by atoms with van der Waals surface area (Å²) in [6, 6.07) is 7.13. The van der Waals surface area contributed by atoms with Crippen LogP contribution in [0.15, 0.2) is 33.5 Å². The lowest BCUT2D eigenvalue weighted by molar-refractivity contribution is -0.140. The second kappa shape index (κ2) is 7.00. The molecule has 1 aliphatic carbocycles. The van der Waals surface area contributed by atoms with Gasteiger partial charge in [0.25, 0.3) is 5.91 Å². The van der Waals surface area contributed by atoms with Gasteiger partial charge in [0, 0.05) is 36.7 Å². The Hall–Kier alpha value is -2.34. The van der Waals surface area contributed by atoms with E-state index in [9.17, 15) is 9.59 Å². The molecule has 4 rings (SSSR count). The summed E-state index contributed by atoms with van der Waals surface area (Å²) in [5.74, 6) is 1.32. The highest BCUT2D eigenvalue weighted by atomic mass is 16.5. The molecular weight excluding hydrogens is 344 g/mol. The van der Waals surface area contributed by atoms with E-state index in [0.717, 1.165) is 43.3 Å². The van der Waals surface area contributed by atoms with Crippen LogP contribution in [0.5, 0.6) is 5.75 Å². The van der Waals surface area contributed by atoms with Crippen LogP contribution in [0.3, 0.4) is 0 Å². The topological polar surface area (TPSA) is 85.8 Å². The zero-order valence-corrected chi connectivity index (χ0v) is 15.8. The van der Waals surface area contributed by atoms with Crippen LogP contribution in [0.25, 0.3) is 11.0 Å². The lowest BCUT2D eigenvalue weighted by Gasteiger charge is -2.37. The molecule has 2 bridgehead atoms. The van der Waals surface area contributed by atoms with E-state index in [-0.39, 0.29) is 17.6 Å². The molecule has 6 nitrogen and oxygen atoms in total. The Balaban J connectivity index is 1.50. The molecule has 144 valence electrons. The number of fused-ring (bicyclic) bond motifs is 3. The van der Waals surface area contributed by atoms with Crippen molar-refractivity contribution < 1.29 is 13.9 Å². The van der Waals surface area contributed by atoms with Crippen LogP contribution in [0, 0.1) is 11.8 Å². The summed E-state index contributed by atoms with van der Waals surface area (Å²) in [5, 5.41) is 0.894. The normalized spacial score (nSPS) is 25.6. The highest BCUT2D eigenvalue weighted by molar-refractivity contribution is 5.83. The molecule has 4 atom stereocenters. The van der Waals surface area contributed by atoms with Crippen LogP contribution in [0.4, 0.5) is 0 Å². The highest BCUT2D eigenvalue weighted by Crippen LogP contribution is 2.36. The van der Waals surface area contributed by atoms with Gasteiger partial charge in [0.05, 0.1) is 0 Å². The van der Waals surface area contributed by atoms with Gasteiger partial charge in [-0.05, 0) is 55.7 Å². The fourth-order valence-corrected chi connectivity index (χ4v) is 4.53. The van der Waals surface area contributed by atoms with E-state index in [2.05, 4.69) is 0 Å². The minimum absolute atomic E-state index is 0.0114. The van der Waals surface area contributed by atoms with E-state index in [1.165, 1.54) is 6.07 Å². The molecule has 6 heteroatoms. The standard InChI is InChI=1S/C21H26N2O4/c1-3-13-8-19(24)27-18-9-16(6-7-17(13)18)26-12(2)21(25)23-10-14-4-5-15(11-23)20(14)22/h6-9,12,14-15,20H,3-5,10-11,22H2,1-2H3/t12?,14-,15+,20?. The molecule has 2 aromatic rings. The monoisotopic (exact) mass is 370 g/mol. The maximum absolute atomic E-state index is 12.8. The number of ether oxygens (including phenoxy) is 1. The van der Waals surface area contributed by atoms with Gasteiger partial charge in [-0.1, -0.05) is 6.92 Å². The van der Waals surface area contributed by atoms with Gasteiger partial charge < -0.3 is 19.8 Å². The van der Waals surface area contributed by atoms with Gasteiger partial charge in [0.15, 0.2) is 6.10 Å². The smallest absolute Gasteiger partial charge is 0.336 e. The Morgan fingerprint density at radius 3 is 2.67 bits per heavy atom. The van der Waals surface area contributed by atoms with Crippen LogP contribution in [0.2, 0.25) is 0 Å². The molecule has 1 amide bonds. The van der Waals surface area contributed by atoms with E-state index >= 15 is 0 Å². The number of amides is 1.